The number of nitrogens with zero attached hydrogens (tertiary/aromatic N) is 1. The predicted octanol–water partition coefficient (Wildman–Crippen LogP) is 1.57. The first-order valence-corrected chi connectivity index (χ1v) is 7.88. The molecule has 21 heavy (non-hydrogen) atoms. The number of hydrogen-bond acceptors (Lipinski definition) is 3. The van der Waals surface area contributed by atoms with Gasteiger partial charge in [-0.15, -0.1) is 0 Å². The highest BCUT2D eigenvalue weighted by atomic mass is 16.3. The molecule has 4 atom stereocenters. The summed E-state index contributed by atoms with van der Waals surface area (Å²) in [6, 6.07) is 10.0. The number of aliphatic hydroxyl groups is 1. The van der Waals surface area contributed by atoms with Gasteiger partial charge >= 0.3 is 0 Å². The first-order valence-electron chi connectivity index (χ1n) is 7.88. The van der Waals surface area contributed by atoms with Crippen molar-refractivity contribution >= 4 is 5.91 Å². The molecule has 1 aromatic carbocycles. The third-order valence-electron chi connectivity index (χ3n) is 4.94. The molecule has 1 aromatic rings. The Morgan fingerprint density at radius 1 is 1.33 bits per heavy atom. The van der Waals surface area contributed by atoms with Crippen LogP contribution in [-0.4, -0.2) is 41.7 Å². The number of nitrogens with one attached hydrogen (secondary N) is 1. The summed E-state index contributed by atoms with van der Waals surface area (Å²) >= 11 is 0. The number of carbonyl (C=O) groups excluding carboxylic acids is 1. The molecule has 4 nitrogen and oxygen atoms in total. The maximum atomic E-state index is 12.2. The lowest BCUT2D eigenvalue weighted by atomic mass is 10.00. The van der Waals surface area contributed by atoms with E-state index in [4.69, 9.17) is 0 Å². The monoisotopic (exact) mass is 288 g/mol. The second-order valence-corrected chi connectivity index (χ2v) is 6.46. The Bertz CT molecular complexity index is 491. The third-order valence-corrected chi connectivity index (χ3v) is 4.94. The number of aliphatic hydroxyl groups excluding tert-OH is 1. The van der Waals surface area contributed by atoms with Crippen molar-refractivity contribution in [1.29, 1.82) is 0 Å². The molecule has 2 fully saturated rings. The Labute approximate surface area is 126 Å². The lowest BCUT2D eigenvalue weighted by Gasteiger charge is -2.20. The Morgan fingerprint density at radius 3 is 2.81 bits per heavy atom. The van der Waals surface area contributed by atoms with E-state index >= 15 is 0 Å². The van der Waals surface area contributed by atoms with E-state index in [0.717, 1.165) is 31.5 Å². The molecule has 114 valence electrons. The van der Waals surface area contributed by atoms with E-state index in [2.05, 4.69) is 10.2 Å². The van der Waals surface area contributed by atoms with Crippen molar-refractivity contribution in [1.82, 2.24) is 10.2 Å². The Hall–Kier alpha value is -1.39. The minimum Gasteiger partial charge on any atom is -0.393 e. The van der Waals surface area contributed by atoms with Gasteiger partial charge in [-0.1, -0.05) is 30.3 Å². The smallest absolute Gasteiger partial charge is 0.234 e. The molecular formula is C17H24N2O2. The highest BCUT2D eigenvalue weighted by Gasteiger charge is 2.42. The quantitative estimate of drug-likeness (QED) is 0.884. The van der Waals surface area contributed by atoms with Crippen LogP contribution in [0.15, 0.2) is 30.3 Å². The van der Waals surface area contributed by atoms with Gasteiger partial charge in [-0.05, 0) is 31.2 Å². The number of benzene rings is 1. The summed E-state index contributed by atoms with van der Waals surface area (Å²) in [6.45, 7) is 4.26. The molecule has 4 unspecified atom stereocenters. The standard InChI is InChI=1S/C17H24N2O2/c1-12(13-5-3-2-4-6-13)18-17(21)11-19-9-14-7-8-16(20)15(14)10-19/h2-6,12,14-16,20H,7-11H2,1H3,(H,18,21). The molecule has 1 saturated heterocycles. The molecule has 1 amide bonds. The molecule has 0 spiro atoms. The number of fused-ring (bicyclic) bond motifs is 1. The van der Waals surface area contributed by atoms with Gasteiger partial charge in [0.05, 0.1) is 18.7 Å². The van der Waals surface area contributed by atoms with Gasteiger partial charge in [-0.2, -0.15) is 0 Å². The fourth-order valence-corrected chi connectivity index (χ4v) is 3.77. The summed E-state index contributed by atoms with van der Waals surface area (Å²) in [4.78, 5) is 14.4. The van der Waals surface area contributed by atoms with Crippen LogP contribution in [-0.2, 0) is 4.79 Å². The molecule has 2 aliphatic rings. The summed E-state index contributed by atoms with van der Waals surface area (Å²) in [5, 5.41) is 13.0. The second-order valence-electron chi connectivity index (χ2n) is 6.46. The Balaban J connectivity index is 1.49. The molecule has 4 heteroatoms. The minimum atomic E-state index is -0.161. The van der Waals surface area contributed by atoms with Crippen molar-refractivity contribution in [2.75, 3.05) is 19.6 Å². The zero-order chi connectivity index (χ0) is 14.8. The molecule has 1 aliphatic carbocycles. The van der Waals surface area contributed by atoms with Crippen LogP contribution in [0.25, 0.3) is 0 Å². The summed E-state index contributed by atoms with van der Waals surface area (Å²) < 4.78 is 0. The van der Waals surface area contributed by atoms with E-state index in [0.29, 0.717) is 18.4 Å². The van der Waals surface area contributed by atoms with Crippen LogP contribution >= 0.6 is 0 Å². The topological polar surface area (TPSA) is 52.6 Å². The van der Waals surface area contributed by atoms with Gasteiger partial charge in [0.2, 0.25) is 5.91 Å². The van der Waals surface area contributed by atoms with Gasteiger partial charge in [0, 0.05) is 19.0 Å². The molecule has 3 rings (SSSR count). The summed E-state index contributed by atoms with van der Waals surface area (Å²) in [6.07, 6.45) is 1.87. The highest BCUT2D eigenvalue weighted by molar-refractivity contribution is 5.78. The lowest BCUT2D eigenvalue weighted by Crippen LogP contribution is -2.38. The van der Waals surface area contributed by atoms with Gasteiger partial charge in [-0.25, -0.2) is 0 Å². The van der Waals surface area contributed by atoms with E-state index in [1.165, 1.54) is 0 Å². The van der Waals surface area contributed by atoms with E-state index in [1.807, 2.05) is 37.3 Å². The average Bonchev–Trinajstić information content (AvgIpc) is 3.02. The molecular weight excluding hydrogens is 264 g/mol. The zero-order valence-corrected chi connectivity index (χ0v) is 12.5. The van der Waals surface area contributed by atoms with Crippen molar-refractivity contribution in [2.24, 2.45) is 11.8 Å². The molecule has 0 bridgehead atoms. The third kappa shape index (κ3) is 3.27. The molecule has 2 N–H and O–H groups in total. The number of amides is 1. The van der Waals surface area contributed by atoms with Crippen molar-refractivity contribution in [3.05, 3.63) is 35.9 Å². The van der Waals surface area contributed by atoms with Gasteiger partial charge in [0.15, 0.2) is 0 Å². The minimum absolute atomic E-state index is 0.0337. The van der Waals surface area contributed by atoms with Crippen molar-refractivity contribution in [2.45, 2.75) is 31.9 Å². The van der Waals surface area contributed by atoms with Gasteiger partial charge in [0.1, 0.15) is 0 Å². The molecule has 1 aliphatic heterocycles. The van der Waals surface area contributed by atoms with Gasteiger partial charge in [0.25, 0.3) is 0 Å². The van der Waals surface area contributed by atoms with Crippen LogP contribution in [0.4, 0.5) is 0 Å². The average molecular weight is 288 g/mol. The molecule has 1 saturated carbocycles. The van der Waals surface area contributed by atoms with Crippen LogP contribution < -0.4 is 5.32 Å². The molecule has 0 radical (unpaired) electrons. The van der Waals surface area contributed by atoms with Crippen LogP contribution in [0.2, 0.25) is 0 Å². The SMILES string of the molecule is CC(NC(=O)CN1CC2CCC(O)C2C1)c1ccccc1. The van der Waals surface area contributed by atoms with E-state index < -0.39 is 0 Å². The van der Waals surface area contributed by atoms with E-state index in [-0.39, 0.29) is 18.1 Å². The Morgan fingerprint density at radius 2 is 2.10 bits per heavy atom. The zero-order valence-electron chi connectivity index (χ0n) is 12.5. The highest BCUT2D eigenvalue weighted by Crippen LogP contribution is 2.37. The summed E-state index contributed by atoms with van der Waals surface area (Å²) in [7, 11) is 0. The summed E-state index contributed by atoms with van der Waals surface area (Å²) in [5.41, 5.74) is 1.12. The molecule has 0 aromatic heterocycles. The number of rotatable bonds is 4. The summed E-state index contributed by atoms with van der Waals surface area (Å²) in [5.74, 6) is 1.03. The van der Waals surface area contributed by atoms with Crippen LogP contribution in [0.5, 0.6) is 0 Å². The van der Waals surface area contributed by atoms with Gasteiger partial charge in [-0.3, -0.25) is 9.69 Å². The fourth-order valence-electron chi connectivity index (χ4n) is 3.77. The maximum Gasteiger partial charge on any atom is 0.234 e. The van der Waals surface area contributed by atoms with Crippen LogP contribution in [0, 0.1) is 11.8 Å². The maximum absolute atomic E-state index is 12.2. The first kappa shape index (κ1) is 14.5. The van der Waals surface area contributed by atoms with E-state index in [1.54, 1.807) is 0 Å². The normalized spacial score (nSPS) is 30.1. The van der Waals surface area contributed by atoms with Crippen LogP contribution in [0.1, 0.15) is 31.4 Å². The predicted molar refractivity (Wildman–Crippen MR) is 81.7 cm³/mol. The molecule has 1 heterocycles. The first-order chi connectivity index (χ1) is 10.1. The Kier molecular flexibility index (Phi) is 4.27. The number of likely N-dealkylation sites (tertiary alicyclic amines) is 1. The second kappa shape index (κ2) is 6.16. The van der Waals surface area contributed by atoms with Crippen molar-refractivity contribution in [3.63, 3.8) is 0 Å². The van der Waals surface area contributed by atoms with Crippen molar-refractivity contribution < 1.29 is 9.90 Å². The largest absolute Gasteiger partial charge is 0.393 e. The number of hydrogen-bond donors (Lipinski definition) is 2. The lowest BCUT2D eigenvalue weighted by molar-refractivity contribution is -0.122. The van der Waals surface area contributed by atoms with Crippen LogP contribution in [0.3, 0.4) is 0 Å². The number of carbonyl (C=O) groups is 1. The fraction of sp³-hybridized carbons (Fsp3) is 0.588. The van der Waals surface area contributed by atoms with Crippen molar-refractivity contribution in [3.8, 4) is 0 Å². The van der Waals surface area contributed by atoms with E-state index in [9.17, 15) is 9.90 Å². The van der Waals surface area contributed by atoms with Gasteiger partial charge < -0.3 is 10.4 Å².